The standard InChI is InChI=1S/C14H11BrF2N2O/c1-7-3-2-4-8(13(7)18)14(20)19-12-5-9(15)10(16)6-11(12)17/h2-6H,18H2,1H3,(H,19,20). The van der Waals surface area contributed by atoms with E-state index in [0.29, 0.717) is 11.8 Å². The number of nitrogens with two attached hydrogens (primary N) is 1. The van der Waals surface area contributed by atoms with E-state index in [2.05, 4.69) is 21.2 Å². The van der Waals surface area contributed by atoms with Crippen LogP contribution in [-0.2, 0) is 0 Å². The number of aryl methyl sites for hydroxylation is 1. The van der Waals surface area contributed by atoms with Crippen molar-refractivity contribution in [3.63, 3.8) is 0 Å². The summed E-state index contributed by atoms with van der Waals surface area (Å²) in [6, 6.07) is 6.83. The van der Waals surface area contributed by atoms with Crippen molar-refractivity contribution < 1.29 is 13.6 Å². The van der Waals surface area contributed by atoms with E-state index in [1.807, 2.05) is 0 Å². The Morgan fingerprint density at radius 1 is 1.25 bits per heavy atom. The summed E-state index contributed by atoms with van der Waals surface area (Å²) >= 11 is 2.93. The largest absolute Gasteiger partial charge is 0.398 e. The van der Waals surface area contributed by atoms with Gasteiger partial charge in [0, 0.05) is 11.8 Å². The maximum absolute atomic E-state index is 13.6. The minimum atomic E-state index is -0.856. The Bertz CT molecular complexity index is 689. The zero-order valence-corrected chi connectivity index (χ0v) is 12.1. The first-order valence-corrected chi connectivity index (χ1v) is 6.50. The number of nitrogens with one attached hydrogen (secondary N) is 1. The number of amides is 1. The molecule has 0 aliphatic carbocycles. The number of hydrogen-bond acceptors (Lipinski definition) is 2. The molecule has 0 atom stereocenters. The quantitative estimate of drug-likeness (QED) is 0.644. The average Bonchev–Trinajstić information content (AvgIpc) is 2.39. The molecule has 2 rings (SSSR count). The van der Waals surface area contributed by atoms with Crippen molar-refractivity contribution in [1.82, 2.24) is 0 Å². The lowest BCUT2D eigenvalue weighted by molar-refractivity contribution is 0.102. The summed E-state index contributed by atoms with van der Waals surface area (Å²) in [5.41, 5.74) is 7.00. The first kappa shape index (κ1) is 14.5. The Balaban J connectivity index is 2.33. The van der Waals surface area contributed by atoms with Crippen molar-refractivity contribution in [1.29, 1.82) is 0 Å². The first-order chi connectivity index (χ1) is 9.40. The van der Waals surface area contributed by atoms with Gasteiger partial charge >= 0.3 is 0 Å². The van der Waals surface area contributed by atoms with Gasteiger partial charge in [-0.05, 0) is 40.5 Å². The van der Waals surface area contributed by atoms with Crippen LogP contribution in [0, 0.1) is 18.6 Å². The van der Waals surface area contributed by atoms with Crippen LogP contribution < -0.4 is 11.1 Å². The molecule has 0 aliphatic rings. The van der Waals surface area contributed by atoms with Crippen LogP contribution in [0.15, 0.2) is 34.8 Å². The molecule has 0 unspecified atom stereocenters. The van der Waals surface area contributed by atoms with Gasteiger partial charge in [0.1, 0.15) is 11.6 Å². The summed E-state index contributed by atoms with van der Waals surface area (Å²) in [5, 5.41) is 2.37. The van der Waals surface area contributed by atoms with Crippen LogP contribution in [0.2, 0.25) is 0 Å². The van der Waals surface area contributed by atoms with Crippen LogP contribution in [-0.4, -0.2) is 5.91 Å². The number of rotatable bonds is 2. The minimum Gasteiger partial charge on any atom is -0.398 e. The molecule has 0 bridgehead atoms. The second-order valence-corrected chi connectivity index (χ2v) is 5.09. The summed E-state index contributed by atoms with van der Waals surface area (Å²) in [4.78, 5) is 12.1. The molecule has 0 saturated heterocycles. The van der Waals surface area contributed by atoms with E-state index in [1.165, 1.54) is 6.07 Å². The highest BCUT2D eigenvalue weighted by molar-refractivity contribution is 9.10. The molecule has 0 aliphatic heterocycles. The predicted octanol–water partition coefficient (Wildman–Crippen LogP) is 3.87. The molecule has 1 amide bonds. The summed E-state index contributed by atoms with van der Waals surface area (Å²) in [7, 11) is 0. The van der Waals surface area contributed by atoms with Gasteiger partial charge in [-0.2, -0.15) is 0 Å². The van der Waals surface area contributed by atoms with E-state index >= 15 is 0 Å². The zero-order chi connectivity index (χ0) is 14.9. The molecular weight excluding hydrogens is 330 g/mol. The Kier molecular flexibility index (Phi) is 4.04. The fourth-order valence-electron chi connectivity index (χ4n) is 1.69. The second kappa shape index (κ2) is 5.58. The van der Waals surface area contributed by atoms with Gasteiger partial charge in [-0.25, -0.2) is 8.78 Å². The molecule has 0 radical (unpaired) electrons. The number of benzene rings is 2. The molecule has 2 aromatic carbocycles. The number of carbonyl (C=O) groups excluding carboxylic acids is 1. The van der Waals surface area contributed by atoms with Crippen LogP contribution in [0.5, 0.6) is 0 Å². The van der Waals surface area contributed by atoms with Gasteiger partial charge in [-0.1, -0.05) is 12.1 Å². The lowest BCUT2D eigenvalue weighted by atomic mass is 10.1. The molecule has 104 valence electrons. The number of carbonyl (C=O) groups is 1. The summed E-state index contributed by atoms with van der Waals surface area (Å²) in [5.74, 6) is -2.15. The number of anilines is 2. The van der Waals surface area contributed by atoms with Gasteiger partial charge in [0.05, 0.1) is 15.7 Å². The normalized spacial score (nSPS) is 10.4. The summed E-state index contributed by atoms with van der Waals surface area (Å²) < 4.78 is 26.8. The number of nitrogen functional groups attached to an aromatic ring is 1. The van der Waals surface area contributed by atoms with Gasteiger partial charge in [0.25, 0.3) is 5.91 Å². The highest BCUT2D eigenvalue weighted by Crippen LogP contribution is 2.25. The molecule has 3 N–H and O–H groups in total. The molecule has 0 fully saturated rings. The Labute approximate surface area is 122 Å². The highest BCUT2D eigenvalue weighted by atomic mass is 79.9. The SMILES string of the molecule is Cc1cccc(C(=O)Nc2cc(Br)c(F)cc2F)c1N. The van der Waals surface area contributed by atoms with Crippen molar-refractivity contribution in [2.24, 2.45) is 0 Å². The minimum absolute atomic E-state index is 0.0615. The molecule has 3 nitrogen and oxygen atoms in total. The smallest absolute Gasteiger partial charge is 0.257 e. The van der Waals surface area contributed by atoms with Crippen LogP contribution >= 0.6 is 15.9 Å². The fraction of sp³-hybridized carbons (Fsp3) is 0.0714. The van der Waals surface area contributed by atoms with E-state index in [9.17, 15) is 13.6 Å². The molecule has 0 heterocycles. The molecular formula is C14H11BrF2N2O. The van der Waals surface area contributed by atoms with E-state index < -0.39 is 17.5 Å². The Morgan fingerprint density at radius 2 is 1.95 bits per heavy atom. The second-order valence-electron chi connectivity index (χ2n) is 4.24. The fourth-order valence-corrected chi connectivity index (χ4v) is 2.03. The number of hydrogen-bond donors (Lipinski definition) is 2. The maximum Gasteiger partial charge on any atom is 0.257 e. The molecule has 2 aromatic rings. The Morgan fingerprint density at radius 3 is 2.65 bits per heavy atom. The van der Waals surface area contributed by atoms with Crippen LogP contribution in [0.4, 0.5) is 20.2 Å². The lowest BCUT2D eigenvalue weighted by Gasteiger charge is -2.10. The van der Waals surface area contributed by atoms with E-state index in [0.717, 1.165) is 11.6 Å². The molecule has 20 heavy (non-hydrogen) atoms. The van der Waals surface area contributed by atoms with Crippen molar-refractivity contribution in [3.05, 3.63) is 57.6 Å². The first-order valence-electron chi connectivity index (χ1n) is 5.71. The monoisotopic (exact) mass is 340 g/mol. The van der Waals surface area contributed by atoms with Crippen molar-refractivity contribution in [3.8, 4) is 0 Å². The number of halogens is 3. The Hall–Kier alpha value is -1.95. The van der Waals surface area contributed by atoms with Crippen LogP contribution in [0.1, 0.15) is 15.9 Å². The van der Waals surface area contributed by atoms with Gasteiger partial charge in [-0.15, -0.1) is 0 Å². The summed E-state index contributed by atoms with van der Waals surface area (Å²) in [6.45, 7) is 1.77. The van der Waals surface area contributed by atoms with Gasteiger partial charge < -0.3 is 11.1 Å². The molecule has 0 aromatic heterocycles. The third-order valence-corrected chi connectivity index (χ3v) is 3.43. The van der Waals surface area contributed by atoms with Crippen molar-refractivity contribution in [2.45, 2.75) is 6.92 Å². The maximum atomic E-state index is 13.6. The molecule has 0 spiro atoms. The van der Waals surface area contributed by atoms with Gasteiger partial charge in [0.2, 0.25) is 0 Å². The van der Waals surface area contributed by atoms with E-state index in [4.69, 9.17) is 5.73 Å². The third kappa shape index (κ3) is 2.80. The number of para-hydroxylation sites is 1. The van der Waals surface area contributed by atoms with E-state index in [-0.39, 0.29) is 15.7 Å². The summed E-state index contributed by atoms with van der Waals surface area (Å²) in [6.07, 6.45) is 0. The molecule has 0 saturated carbocycles. The lowest BCUT2D eigenvalue weighted by Crippen LogP contribution is -2.15. The van der Waals surface area contributed by atoms with Crippen LogP contribution in [0.3, 0.4) is 0 Å². The van der Waals surface area contributed by atoms with Gasteiger partial charge in [0.15, 0.2) is 0 Å². The predicted molar refractivity (Wildman–Crippen MR) is 77.6 cm³/mol. The van der Waals surface area contributed by atoms with Crippen LogP contribution in [0.25, 0.3) is 0 Å². The third-order valence-electron chi connectivity index (χ3n) is 2.83. The van der Waals surface area contributed by atoms with E-state index in [1.54, 1.807) is 19.1 Å². The topological polar surface area (TPSA) is 55.1 Å². The highest BCUT2D eigenvalue weighted by Gasteiger charge is 2.15. The van der Waals surface area contributed by atoms with Gasteiger partial charge in [-0.3, -0.25) is 4.79 Å². The zero-order valence-electron chi connectivity index (χ0n) is 10.5. The van der Waals surface area contributed by atoms with Crippen molar-refractivity contribution in [2.75, 3.05) is 11.1 Å². The molecule has 6 heteroatoms. The average molecular weight is 341 g/mol. The van der Waals surface area contributed by atoms with Crippen molar-refractivity contribution >= 4 is 33.2 Å².